The number of aromatic nitrogens is 2. The number of alkyl halides is 3. The Morgan fingerprint density at radius 2 is 1.82 bits per heavy atom. The molecule has 0 spiro atoms. The standard InChI is InChI=1S/C19H13F3N4OS/c1-11(16(27)24-14-8-4-2-6-12(14)10-23)28-17-13-7-3-5-9-15(13)25-18(26-17)19(20,21)22/h2-9,11H,1H3,(H,24,27)/t11-/m0/s1. The van der Waals surface area contributed by atoms with Crippen molar-refractivity contribution in [1.82, 2.24) is 9.97 Å². The third-order valence-corrected chi connectivity index (χ3v) is 4.89. The molecule has 3 aromatic rings. The molecular formula is C19H13F3N4OS. The Kier molecular flexibility index (Phi) is 5.51. The van der Waals surface area contributed by atoms with Crippen molar-refractivity contribution in [2.24, 2.45) is 0 Å². The second-order valence-corrected chi connectivity index (χ2v) is 7.10. The molecule has 0 saturated heterocycles. The molecule has 0 fully saturated rings. The van der Waals surface area contributed by atoms with Crippen LogP contribution in [0.4, 0.5) is 18.9 Å². The zero-order valence-corrected chi connectivity index (χ0v) is 15.3. The van der Waals surface area contributed by atoms with Crippen LogP contribution in [0.5, 0.6) is 0 Å². The molecule has 0 aliphatic rings. The Morgan fingerprint density at radius 3 is 2.54 bits per heavy atom. The smallest absolute Gasteiger partial charge is 0.324 e. The lowest BCUT2D eigenvalue weighted by atomic mass is 10.2. The Hall–Kier alpha value is -3.12. The Morgan fingerprint density at radius 1 is 1.14 bits per heavy atom. The summed E-state index contributed by atoms with van der Waals surface area (Å²) in [7, 11) is 0. The van der Waals surface area contributed by atoms with Gasteiger partial charge >= 0.3 is 6.18 Å². The van der Waals surface area contributed by atoms with Gasteiger partial charge in [-0.3, -0.25) is 4.79 Å². The van der Waals surface area contributed by atoms with Crippen molar-refractivity contribution in [3.8, 4) is 6.07 Å². The Labute approximate surface area is 162 Å². The maximum absolute atomic E-state index is 13.1. The van der Waals surface area contributed by atoms with E-state index in [0.29, 0.717) is 16.6 Å². The van der Waals surface area contributed by atoms with Crippen LogP contribution in [0, 0.1) is 11.3 Å². The van der Waals surface area contributed by atoms with Crippen LogP contribution < -0.4 is 5.32 Å². The quantitative estimate of drug-likeness (QED) is 0.508. The lowest BCUT2D eigenvalue weighted by Gasteiger charge is -2.15. The van der Waals surface area contributed by atoms with E-state index in [0.717, 1.165) is 11.8 Å². The summed E-state index contributed by atoms with van der Waals surface area (Å²) in [5.74, 6) is -1.71. The van der Waals surface area contributed by atoms with Crippen LogP contribution in [-0.2, 0) is 11.0 Å². The van der Waals surface area contributed by atoms with Crippen molar-refractivity contribution in [1.29, 1.82) is 5.26 Å². The zero-order valence-electron chi connectivity index (χ0n) is 14.5. The average Bonchev–Trinajstić information content (AvgIpc) is 2.67. The van der Waals surface area contributed by atoms with E-state index in [1.165, 1.54) is 6.07 Å². The van der Waals surface area contributed by atoms with Crippen LogP contribution in [0.25, 0.3) is 10.9 Å². The molecule has 0 unspecified atom stereocenters. The zero-order chi connectivity index (χ0) is 20.3. The van der Waals surface area contributed by atoms with Gasteiger partial charge in [0.05, 0.1) is 22.0 Å². The van der Waals surface area contributed by atoms with Gasteiger partial charge in [-0.25, -0.2) is 9.97 Å². The van der Waals surface area contributed by atoms with Gasteiger partial charge in [0.25, 0.3) is 0 Å². The van der Waals surface area contributed by atoms with Gasteiger partial charge in [0.15, 0.2) is 0 Å². The highest BCUT2D eigenvalue weighted by Crippen LogP contribution is 2.33. The normalized spacial score (nSPS) is 12.4. The van der Waals surface area contributed by atoms with E-state index in [1.54, 1.807) is 49.4 Å². The molecule has 0 aliphatic carbocycles. The van der Waals surface area contributed by atoms with Gasteiger partial charge in [0.1, 0.15) is 11.1 Å². The minimum atomic E-state index is -4.70. The van der Waals surface area contributed by atoms with Crippen molar-refractivity contribution in [3.63, 3.8) is 0 Å². The molecule has 9 heteroatoms. The van der Waals surface area contributed by atoms with Gasteiger partial charge in [-0.15, -0.1) is 0 Å². The Bertz CT molecular complexity index is 1080. The lowest BCUT2D eigenvalue weighted by Crippen LogP contribution is -2.23. The third kappa shape index (κ3) is 4.23. The molecule has 0 aliphatic heterocycles. The van der Waals surface area contributed by atoms with Crippen LogP contribution in [0.3, 0.4) is 0 Å². The van der Waals surface area contributed by atoms with Gasteiger partial charge < -0.3 is 5.32 Å². The number of carbonyl (C=O) groups excluding carboxylic acids is 1. The number of para-hydroxylation sites is 2. The molecule has 1 N–H and O–H groups in total. The highest BCUT2D eigenvalue weighted by molar-refractivity contribution is 8.00. The third-order valence-electron chi connectivity index (χ3n) is 3.78. The molecule has 1 heterocycles. The fourth-order valence-corrected chi connectivity index (χ4v) is 3.35. The number of anilines is 1. The SMILES string of the molecule is C[C@H](Sc1nc(C(F)(F)F)nc2ccccc12)C(=O)Nc1ccccc1C#N. The highest BCUT2D eigenvalue weighted by Gasteiger charge is 2.36. The van der Waals surface area contributed by atoms with E-state index >= 15 is 0 Å². The number of fused-ring (bicyclic) bond motifs is 1. The number of amides is 1. The predicted octanol–water partition coefficient (Wildman–Crippen LogP) is 4.64. The minimum absolute atomic E-state index is 0.0640. The number of hydrogen-bond acceptors (Lipinski definition) is 5. The highest BCUT2D eigenvalue weighted by atomic mass is 32.2. The minimum Gasteiger partial charge on any atom is -0.324 e. The maximum Gasteiger partial charge on any atom is 0.451 e. The van der Waals surface area contributed by atoms with Crippen LogP contribution in [0.2, 0.25) is 0 Å². The molecule has 1 amide bonds. The van der Waals surface area contributed by atoms with Gasteiger partial charge in [0.2, 0.25) is 11.7 Å². The van der Waals surface area contributed by atoms with E-state index in [2.05, 4.69) is 15.3 Å². The van der Waals surface area contributed by atoms with Crippen LogP contribution >= 0.6 is 11.8 Å². The van der Waals surface area contributed by atoms with Crippen molar-refractivity contribution in [2.45, 2.75) is 23.4 Å². The van der Waals surface area contributed by atoms with E-state index < -0.39 is 23.2 Å². The van der Waals surface area contributed by atoms with Crippen molar-refractivity contribution in [2.75, 3.05) is 5.32 Å². The molecule has 5 nitrogen and oxygen atoms in total. The number of nitriles is 1. The molecule has 1 atom stereocenters. The monoisotopic (exact) mass is 402 g/mol. The second kappa shape index (κ2) is 7.86. The largest absolute Gasteiger partial charge is 0.451 e. The van der Waals surface area contributed by atoms with Crippen molar-refractivity contribution in [3.05, 3.63) is 59.9 Å². The summed E-state index contributed by atoms with van der Waals surface area (Å²) in [4.78, 5) is 19.7. The average molecular weight is 402 g/mol. The molecule has 142 valence electrons. The number of rotatable bonds is 4. The summed E-state index contributed by atoms with van der Waals surface area (Å²) >= 11 is 0.898. The summed E-state index contributed by atoms with van der Waals surface area (Å²) in [6.07, 6.45) is -4.70. The molecule has 28 heavy (non-hydrogen) atoms. The Balaban J connectivity index is 1.89. The number of nitrogens with one attached hydrogen (secondary N) is 1. The predicted molar refractivity (Wildman–Crippen MR) is 99.6 cm³/mol. The first kappa shape index (κ1) is 19.6. The van der Waals surface area contributed by atoms with Crippen LogP contribution in [0.15, 0.2) is 53.6 Å². The molecular weight excluding hydrogens is 389 g/mol. The van der Waals surface area contributed by atoms with E-state index in [-0.39, 0.29) is 10.5 Å². The van der Waals surface area contributed by atoms with E-state index in [4.69, 9.17) is 5.26 Å². The summed E-state index contributed by atoms with van der Waals surface area (Å²) < 4.78 is 39.4. The number of halogens is 3. The number of benzene rings is 2. The fraction of sp³-hybridized carbons (Fsp3) is 0.158. The molecule has 0 saturated carbocycles. The van der Waals surface area contributed by atoms with Crippen LogP contribution in [-0.4, -0.2) is 21.1 Å². The first-order valence-electron chi connectivity index (χ1n) is 8.10. The second-order valence-electron chi connectivity index (χ2n) is 5.77. The van der Waals surface area contributed by atoms with Gasteiger partial charge in [-0.1, -0.05) is 42.1 Å². The summed E-state index contributed by atoms with van der Waals surface area (Å²) in [5, 5.41) is 11.5. The summed E-state index contributed by atoms with van der Waals surface area (Å²) in [6.45, 7) is 1.55. The van der Waals surface area contributed by atoms with Crippen molar-refractivity contribution < 1.29 is 18.0 Å². The maximum atomic E-state index is 13.1. The van der Waals surface area contributed by atoms with Crippen LogP contribution in [0.1, 0.15) is 18.3 Å². The van der Waals surface area contributed by atoms with Gasteiger partial charge in [0, 0.05) is 5.39 Å². The molecule has 0 radical (unpaired) electrons. The molecule has 1 aromatic heterocycles. The topological polar surface area (TPSA) is 78.7 Å². The molecule has 2 aromatic carbocycles. The summed E-state index contributed by atoms with van der Waals surface area (Å²) in [5.41, 5.74) is 0.778. The van der Waals surface area contributed by atoms with Gasteiger partial charge in [-0.05, 0) is 25.1 Å². The van der Waals surface area contributed by atoms with E-state index in [1.807, 2.05) is 6.07 Å². The first-order chi connectivity index (χ1) is 13.3. The van der Waals surface area contributed by atoms with E-state index in [9.17, 15) is 18.0 Å². The lowest BCUT2D eigenvalue weighted by molar-refractivity contribution is -0.145. The fourth-order valence-electron chi connectivity index (χ4n) is 2.41. The molecule has 3 rings (SSSR count). The van der Waals surface area contributed by atoms with Crippen molar-refractivity contribution >= 4 is 34.3 Å². The number of nitrogens with zero attached hydrogens (tertiary/aromatic N) is 3. The first-order valence-corrected chi connectivity index (χ1v) is 8.98. The summed E-state index contributed by atoms with van der Waals surface area (Å²) in [6, 6.07) is 14.8. The van der Waals surface area contributed by atoms with Gasteiger partial charge in [-0.2, -0.15) is 18.4 Å². The number of hydrogen-bond donors (Lipinski definition) is 1. The molecule has 0 bridgehead atoms. The number of carbonyl (C=O) groups is 1. The number of thioether (sulfide) groups is 1.